The van der Waals surface area contributed by atoms with E-state index in [0.717, 1.165) is 11.4 Å². The lowest BCUT2D eigenvalue weighted by molar-refractivity contribution is 0.0208. The van der Waals surface area contributed by atoms with E-state index in [0.29, 0.717) is 34.9 Å². The minimum Gasteiger partial charge on any atom is -0.339 e. The Labute approximate surface area is 174 Å². The van der Waals surface area contributed by atoms with Gasteiger partial charge in [-0.3, -0.25) is 9.63 Å². The summed E-state index contributed by atoms with van der Waals surface area (Å²) >= 11 is 6.19. The van der Waals surface area contributed by atoms with Crippen molar-refractivity contribution in [3.05, 3.63) is 71.4 Å². The van der Waals surface area contributed by atoms with Crippen molar-refractivity contribution in [2.45, 2.75) is 13.8 Å². The number of benzene rings is 2. The van der Waals surface area contributed by atoms with Crippen LogP contribution < -0.4 is 16.1 Å². The fraction of sp³-hybridized carbons (Fsp3) is 0.190. The third-order valence-corrected chi connectivity index (χ3v) is 4.04. The van der Waals surface area contributed by atoms with Gasteiger partial charge in [0.05, 0.1) is 12.8 Å². The Kier molecular flexibility index (Phi) is 6.99. The van der Waals surface area contributed by atoms with Gasteiger partial charge in [-0.25, -0.2) is 10.5 Å². The number of hydrogen-bond acceptors (Lipinski definition) is 6. The summed E-state index contributed by atoms with van der Waals surface area (Å²) in [5, 5.41) is 6.67. The van der Waals surface area contributed by atoms with Gasteiger partial charge in [-0.2, -0.15) is 4.98 Å². The fourth-order valence-electron chi connectivity index (χ4n) is 2.34. The first-order valence-corrected chi connectivity index (χ1v) is 9.53. The van der Waals surface area contributed by atoms with Crippen molar-refractivity contribution in [1.29, 1.82) is 0 Å². The molecule has 0 saturated carbocycles. The summed E-state index contributed by atoms with van der Waals surface area (Å²) in [4.78, 5) is 25.8. The van der Waals surface area contributed by atoms with Gasteiger partial charge in [-0.15, -0.1) is 0 Å². The molecule has 0 spiro atoms. The highest BCUT2D eigenvalue weighted by Gasteiger charge is 2.08. The molecule has 3 rings (SSSR count). The quantitative estimate of drug-likeness (QED) is 0.455. The molecule has 8 heteroatoms. The molecule has 150 valence electrons. The van der Waals surface area contributed by atoms with Gasteiger partial charge in [0.15, 0.2) is 5.82 Å². The Hall–Kier alpha value is -3.16. The summed E-state index contributed by atoms with van der Waals surface area (Å²) < 4.78 is 0. The molecule has 3 aromatic rings. The fourth-order valence-corrected chi connectivity index (χ4v) is 2.48. The Morgan fingerprint density at radius 1 is 1.03 bits per heavy atom. The van der Waals surface area contributed by atoms with E-state index in [1.165, 1.54) is 6.20 Å². The number of carbonyl (C=O) groups is 1. The van der Waals surface area contributed by atoms with Crippen molar-refractivity contribution < 1.29 is 9.63 Å². The van der Waals surface area contributed by atoms with Crippen LogP contribution in [0, 0.1) is 5.92 Å². The van der Waals surface area contributed by atoms with E-state index in [9.17, 15) is 4.79 Å². The first-order chi connectivity index (χ1) is 14.0. The number of halogens is 1. The van der Waals surface area contributed by atoms with Crippen molar-refractivity contribution >= 4 is 40.6 Å². The maximum absolute atomic E-state index is 12.0. The molecule has 3 N–H and O–H groups in total. The number of carbonyl (C=O) groups excluding carboxylic acids is 1. The topological polar surface area (TPSA) is 88.2 Å². The smallest absolute Gasteiger partial charge is 0.274 e. The number of amides is 1. The molecule has 1 heterocycles. The van der Waals surface area contributed by atoms with Gasteiger partial charge < -0.3 is 10.6 Å². The number of hydroxylamine groups is 1. The van der Waals surface area contributed by atoms with E-state index in [1.54, 1.807) is 24.3 Å². The lowest BCUT2D eigenvalue weighted by Gasteiger charge is -2.11. The molecule has 0 aliphatic carbocycles. The van der Waals surface area contributed by atoms with Gasteiger partial charge >= 0.3 is 0 Å². The van der Waals surface area contributed by atoms with Gasteiger partial charge in [-0.1, -0.05) is 43.6 Å². The lowest BCUT2D eigenvalue weighted by Crippen LogP contribution is -2.25. The zero-order valence-electron chi connectivity index (χ0n) is 16.1. The zero-order valence-corrected chi connectivity index (χ0v) is 16.9. The van der Waals surface area contributed by atoms with Crippen LogP contribution in [0.2, 0.25) is 5.02 Å². The minimum atomic E-state index is -0.297. The van der Waals surface area contributed by atoms with Crippen molar-refractivity contribution in [3.8, 4) is 0 Å². The maximum Gasteiger partial charge on any atom is 0.274 e. The van der Waals surface area contributed by atoms with Crippen LogP contribution in [0.25, 0.3) is 0 Å². The molecule has 0 atom stereocenters. The molecule has 2 aromatic carbocycles. The third kappa shape index (κ3) is 6.17. The first kappa shape index (κ1) is 20.6. The third-order valence-electron chi connectivity index (χ3n) is 3.77. The molecular formula is C21H22ClN5O2. The summed E-state index contributed by atoms with van der Waals surface area (Å²) in [5.74, 6) is 0.913. The van der Waals surface area contributed by atoms with E-state index in [2.05, 4.69) is 26.1 Å². The molecule has 0 fully saturated rings. The Bertz CT molecular complexity index is 949. The number of hydrogen-bond donors (Lipinski definition) is 3. The van der Waals surface area contributed by atoms with Crippen molar-refractivity contribution in [2.75, 3.05) is 17.2 Å². The van der Waals surface area contributed by atoms with Crippen LogP contribution in [-0.4, -0.2) is 22.5 Å². The van der Waals surface area contributed by atoms with Crippen LogP contribution in [0.15, 0.2) is 60.8 Å². The van der Waals surface area contributed by atoms with Crippen LogP contribution >= 0.6 is 11.6 Å². The number of nitrogens with one attached hydrogen (secondary N) is 3. The number of nitrogens with zero attached hydrogens (tertiary/aromatic N) is 2. The maximum atomic E-state index is 12.0. The van der Waals surface area contributed by atoms with Crippen LogP contribution in [0.1, 0.15) is 24.2 Å². The van der Waals surface area contributed by atoms with Crippen LogP contribution in [-0.2, 0) is 4.84 Å². The highest BCUT2D eigenvalue weighted by molar-refractivity contribution is 6.32. The molecule has 0 bridgehead atoms. The summed E-state index contributed by atoms with van der Waals surface area (Å²) in [6.07, 6.45) is 1.52. The van der Waals surface area contributed by atoms with Gasteiger partial charge in [0, 0.05) is 16.9 Å². The van der Waals surface area contributed by atoms with Crippen molar-refractivity contribution in [2.24, 2.45) is 5.92 Å². The highest BCUT2D eigenvalue weighted by atomic mass is 35.5. The van der Waals surface area contributed by atoms with E-state index in [4.69, 9.17) is 16.4 Å². The lowest BCUT2D eigenvalue weighted by atomic mass is 10.2. The highest BCUT2D eigenvalue weighted by Crippen LogP contribution is 2.24. The van der Waals surface area contributed by atoms with Gasteiger partial charge in [0.2, 0.25) is 5.95 Å². The van der Waals surface area contributed by atoms with E-state index >= 15 is 0 Å². The summed E-state index contributed by atoms with van der Waals surface area (Å²) in [5.41, 5.74) is 4.52. The first-order valence-electron chi connectivity index (χ1n) is 9.15. The molecule has 0 aliphatic rings. The van der Waals surface area contributed by atoms with E-state index in [1.807, 2.05) is 44.2 Å². The minimum absolute atomic E-state index is 0.297. The summed E-state index contributed by atoms with van der Waals surface area (Å²) in [6, 6.07) is 16.5. The van der Waals surface area contributed by atoms with Crippen LogP contribution in [0.5, 0.6) is 0 Å². The van der Waals surface area contributed by atoms with Crippen LogP contribution in [0.3, 0.4) is 0 Å². The second-order valence-electron chi connectivity index (χ2n) is 6.72. The molecule has 1 amide bonds. The predicted octanol–water partition coefficient (Wildman–Crippen LogP) is 4.93. The van der Waals surface area contributed by atoms with Gasteiger partial charge in [0.25, 0.3) is 5.91 Å². The molecular weight excluding hydrogens is 390 g/mol. The molecule has 29 heavy (non-hydrogen) atoms. The average Bonchev–Trinajstić information content (AvgIpc) is 2.71. The van der Waals surface area contributed by atoms with Crippen LogP contribution in [0.4, 0.5) is 23.1 Å². The molecule has 0 aliphatic heterocycles. The monoisotopic (exact) mass is 411 g/mol. The Morgan fingerprint density at radius 3 is 2.41 bits per heavy atom. The molecule has 0 saturated heterocycles. The summed E-state index contributed by atoms with van der Waals surface area (Å²) in [7, 11) is 0. The SMILES string of the molecule is CC(C)CONC(=O)c1ccc(Nc2ncc(Cl)c(Nc3ccccc3)n2)cc1. The number of para-hydroxylation sites is 1. The largest absolute Gasteiger partial charge is 0.339 e. The summed E-state index contributed by atoms with van der Waals surface area (Å²) in [6.45, 7) is 4.47. The number of aromatic nitrogens is 2. The zero-order chi connectivity index (χ0) is 20.6. The number of anilines is 4. The molecule has 0 unspecified atom stereocenters. The second-order valence-corrected chi connectivity index (χ2v) is 7.13. The van der Waals surface area contributed by atoms with Gasteiger partial charge in [0.1, 0.15) is 5.02 Å². The molecule has 7 nitrogen and oxygen atoms in total. The van der Waals surface area contributed by atoms with Crippen molar-refractivity contribution in [3.63, 3.8) is 0 Å². The van der Waals surface area contributed by atoms with Gasteiger partial charge in [-0.05, 0) is 42.3 Å². The molecule has 1 aromatic heterocycles. The Balaban J connectivity index is 1.64. The predicted molar refractivity (Wildman–Crippen MR) is 115 cm³/mol. The standard InChI is InChI=1S/C21H22ClN5O2/c1-14(2)13-29-27-20(28)15-8-10-17(11-9-15)25-21-23-12-18(22)19(26-21)24-16-6-4-3-5-7-16/h3-12,14H,13H2,1-2H3,(H,27,28)(H2,23,24,25,26). The van der Waals surface area contributed by atoms with E-state index < -0.39 is 0 Å². The Morgan fingerprint density at radius 2 is 1.72 bits per heavy atom. The molecule has 0 radical (unpaired) electrons. The normalized spacial score (nSPS) is 10.6. The number of rotatable bonds is 8. The average molecular weight is 412 g/mol. The van der Waals surface area contributed by atoms with E-state index in [-0.39, 0.29) is 5.91 Å². The van der Waals surface area contributed by atoms with Crippen molar-refractivity contribution in [1.82, 2.24) is 15.4 Å². The second kappa shape index (κ2) is 9.86.